The van der Waals surface area contributed by atoms with E-state index in [0.717, 1.165) is 28.9 Å². The zero-order valence-electron chi connectivity index (χ0n) is 9.47. The highest BCUT2D eigenvalue weighted by molar-refractivity contribution is 9.10. The van der Waals surface area contributed by atoms with Crippen LogP contribution in [0.1, 0.15) is 31.7 Å². The molecule has 0 amide bonds. The van der Waals surface area contributed by atoms with Crippen LogP contribution >= 0.6 is 15.9 Å². The van der Waals surface area contributed by atoms with E-state index in [9.17, 15) is 4.39 Å². The van der Waals surface area contributed by atoms with Crippen LogP contribution in [0, 0.1) is 11.7 Å². The summed E-state index contributed by atoms with van der Waals surface area (Å²) in [5, 5.41) is 3.52. The average molecular weight is 286 g/mol. The molecule has 0 saturated heterocycles. The molecule has 3 heteroatoms. The van der Waals surface area contributed by atoms with Crippen LogP contribution in [-0.4, -0.2) is 6.04 Å². The van der Waals surface area contributed by atoms with Crippen LogP contribution < -0.4 is 5.32 Å². The predicted molar refractivity (Wildman–Crippen MR) is 67.7 cm³/mol. The minimum absolute atomic E-state index is 0.167. The van der Waals surface area contributed by atoms with Crippen LogP contribution in [0.25, 0.3) is 0 Å². The molecule has 1 aliphatic carbocycles. The highest BCUT2D eigenvalue weighted by Crippen LogP contribution is 2.34. The minimum Gasteiger partial charge on any atom is -0.310 e. The smallest absolute Gasteiger partial charge is 0.123 e. The number of rotatable bonds is 5. The third-order valence-corrected chi connectivity index (χ3v) is 3.97. The Balaban J connectivity index is 1.95. The summed E-state index contributed by atoms with van der Waals surface area (Å²) in [6.45, 7) is 2.95. The topological polar surface area (TPSA) is 12.0 Å². The van der Waals surface area contributed by atoms with Gasteiger partial charge in [0.2, 0.25) is 0 Å². The van der Waals surface area contributed by atoms with Gasteiger partial charge in [-0.3, -0.25) is 0 Å². The molecule has 0 bridgehead atoms. The van der Waals surface area contributed by atoms with Gasteiger partial charge in [0.25, 0.3) is 0 Å². The van der Waals surface area contributed by atoms with Gasteiger partial charge in [0.1, 0.15) is 5.82 Å². The number of hydrogen-bond donors (Lipinski definition) is 1. The summed E-state index contributed by atoms with van der Waals surface area (Å²) in [5.41, 5.74) is 0.999. The Morgan fingerprint density at radius 2 is 2.25 bits per heavy atom. The first-order chi connectivity index (χ1) is 7.70. The standard InChI is InChI=1S/C13H17BrFN/c1-2-13(9-3-4-9)16-8-10-7-11(15)5-6-12(10)14/h5-7,9,13,16H,2-4,8H2,1H3. The summed E-state index contributed by atoms with van der Waals surface area (Å²) in [5.74, 6) is 0.678. The molecule has 0 heterocycles. The summed E-state index contributed by atoms with van der Waals surface area (Å²) in [7, 11) is 0. The van der Waals surface area contributed by atoms with Gasteiger partial charge >= 0.3 is 0 Å². The summed E-state index contributed by atoms with van der Waals surface area (Å²) in [6.07, 6.45) is 3.84. The van der Waals surface area contributed by atoms with E-state index in [4.69, 9.17) is 0 Å². The fourth-order valence-corrected chi connectivity index (χ4v) is 2.45. The molecule has 1 aromatic rings. The maximum atomic E-state index is 13.1. The first-order valence-electron chi connectivity index (χ1n) is 5.88. The monoisotopic (exact) mass is 285 g/mol. The molecule has 0 radical (unpaired) electrons. The van der Waals surface area contributed by atoms with Crippen molar-refractivity contribution in [2.75, 3.05) is 0 Å². The van der Waals surface area contributed by atoms with Gasteiger partial charge in [-0.25, -0.2) is 4.39 Å². The second-order valence-corrected chi connectivity index (χ2v) is 5.32. The van der Waals surface area contributed by atoms with Crippen molar-refractivity contribution in [3.8, 4) is 0 Å². The number of halogens is 2. The number of hydrogen-bond acceptors (Lipinski definition) is 1. The van der Waals surface area contributed by atoms with Crippen LogP contribution in [0.15, 0.2) is 22.7 Å². The van der Waals surface area contributed by atoms with Crippen molar-refractivity contribution in [2.24, 2.45) is 5.92 Å². The molecule has 0 aromatic heterocycles. The second-order valence-electron chi connectivity index (χ2n) is 4.47. The Labute approximate surface area is 105 Å². The fraction of sp³-hybridized carbons (Fsp3) is 0.538. The molecule has 1 nitrogen and oxygen atoms in total. The molecule has 1 aromatic carbocycles. The molecule has 1 saturated carbocycles. The average Bonchev–Trinajstić information content (AvgIpc) is 3.08. The fourth-order valence-electron chi connectivity index (χ4n) is 2.06. The molecular formula is C13H17BrFN. The molecule has 1 atom stereocenters. The summed E-state index contributed by atoms with van der Waals surface area (Å²) in [4.78, 5) is 0. The van der Waals surface area contributed by atoms with E-state index in [-0.39, 0.29) is 5.82 Å². The zero-order valence-corrected chi connectivity index (χ0v) is 11.1. The predicted octanol–water partition coefficient (Wildman–Crippen LogP) is 3.87. The van der Waals surface area contributed by atoms with E-state index >= 15 is 0 Å². The molecule has 1 N–H and O–H groups in total. The van der Waals surface area contributed by atoms with Crippen LogP contribution in [0.5, 0.6) is 0 Å². The maximum absolute atomic E-state index is 13.1. The van der Waals surface area contributed by atoms with Gasteiger partial charge in [-0.1, -0.05) is 22.9 Å². The van der Waals surface area contributed by atoms with E-state index in [1.54, 1.807) is 12.1 Å². The molecule has 88 valence electrons. The molecule has 1 fully saturated rings. The molecule has 16 heavy (non-hydrogen) atoms. The minimum atomic E-state index is -0.167. The van der Waals surface area contributed by atoms with Gasteiger partial charge in [0.15, 0.2) is 0 Å². The van der Waals surface area contributed by atoms with Gasteiger partial charge in [-0.05, 0) is 48.9 Å². The van der Waals surface area contributed by atoms with Crippen molar-refractivity contribution in [3.05, 3.63) is 34.1 Å². The summed E-state index contributed by atoms with van der Waals surface area (Å²) in [6, 6.07) is 5.43. The van der Waals surface area contributed by atoms with E-state index in [1.807, 2.05) is 0 Å². The van der Waals surface area contributed by atoms with Gasteiger partial charge in [0, 0.05) is 17.1 Å². The van der Waals surface area contributed by atoms with E-state index in [2.05, 4.69) is 28.2 Å². The molecule has 1 unspecified atom stereocenters. The highest BCUT2D eigenvalue weighted by atomic mass is 79.9. The van der Waals surface area contributed by atoms with Crippen molar-refractivity contribution in [2.45, 2.75) is 38.8 Å². The molecule has 0 spiro atoms. The lowest BCUT2D eigenvalue weighted by Crippen LogP contribution is -2.29. The van der Waals surface area contributed by atoms with Crippen LogP contribution in [0.2, 0.25) is 0 Å². The quantitative estimate of drug-likeness (QED) is 0.866. The largest absolute Gasteiger partial charge is 0.310 e. The third-order valence-electron chi connectivity index (χ3n) is 3.19. The molecule has 1 aliphatic rings. The van der Waals surface area contributed by atoms with Crippen molar-refractivity contribution in [1.29, 1.82) is 0 Å². The van der Waals surface area contributed by atoms with Gasteiger partial charge < -0.3 is 5.32 Å². The first kappa shape index (κ1) is 12.1. The van der Waals surface area contributed by atoms with Crippen molar-refractivity contribution >= 4 is 15.9 Å². The normalized spacial score (nSPS) is 17.4. The van der Waals surface area contributed by atoms with E-state index < -0.39 is 0 Å². The van der Waals surface area contributed by atoms with Gasteiger partial charge in [-0.15, -0.1) is 0 Å². The Hall–Kier alpha value is -0.410. The highest BCUT2D eigenvalue weighted by Gasteiger charge is 2.29. The van der Waals surface area contributed by atoms with E-state index in [1.165, 1.54) is 18.9 Å². The maximum Gasteiger partial charge on any atom is 0.123 e. The lowest BCUT2D eigenvalue weighted by Gasteiger charge is -2.16. The van der Waals surface area contributed by atoms with Crippen molar-refractivity contribution < 1.29 is 4.39 Å². The molecule has 0 aliphatic heterocycles. The van der Waals surface area contributed by atoms with Crippen LogP contribution in [-0.2, 0) is 6.54 Å². The zero-order chi connectivity index (χ0) is 11.5. The number of nitrogens with one attached hydrogen (secondary N) is 1. The Morgan fingerprint density at radius 3 is 2.88 bits per heavy atom. The SMILES string of the molecule is CCC(NCc1cc(F)ccc1Br)C1CC1. The summed E-state index contributed by atoms with van der Waals surface area (Å²) >= 11 is 3.45. The van der Waals surface area contributed by atoms with Gasteiger partial charge in [0.05, 0.1) is 0 Å². The van der Waals surface area contributed by atoms with Crippen molar-refractivity contribution in [1.82, 2.24) is 5.32 Å². The molecular weight excluding hydrogens is 269 g/mol. The van der Waals surface area contributed by atoms with Crippen LogP contribution in [0.3, 0.4) is 0 Å². The molecule has 2 rings (SSSR count). The number of benzene rings is 1. The Morgan fingerprint density at radius 1 is 1.50 bits per heavy atom. The summed E-state index contributed by atoms with van der Waals surface area (Å²) < 4.78 is 14.1. The first-order valence-corrected chi connectivity index (χ1v) is 6.67. The van der Waals surface area contributed by atoms with Crippen molar-refractivity contribution in [3.63, 3.8) is 0 Å². The van der Waals surface area contributed by atoms with Crippen LogP contribution in [0.4, 0.5) is 4.39 Å². The lowest BCUT2D eigenvalue weighted by molar-refractivity contribution is 0.448. The second kappa shape index (κ2) is 5.28. The Kier molecular flexibility index (Phi) is 3.98. The third kappa shape index (κ3) is 3.05. The lowest BCUT2D eigenvalue weighted by atomic mass is 10.1. The Bertz CT molecular complexity index is 363. The van der Waals surface area contributed by atoms with E-state index in [0.29, 0.717) is 6.04 Å². The van der Waals surface area contributed by atoms with Gasteiger partial charge in [-0.2, -0.15) is 0 Å².